The molecule has 2 rings (SSSR count). The van der Waals surface area contributed by atoms with Gasteiger partial charge >= 0.3 is 0 Å². The fourth-order valence-electron chi connectivity index (χ4n) is 2.58. The van der Waals surface area contributed by atoms with E-state index >= 15 is 0 Å². The molecule has 1 aliphatic rings. The number of carbonyl (C=O) groups excluding carboxylic acids is 1. The third kappa shape index (κ3) is 3.63. The van der Waals surface area contributed by atoms with Gasteiger partial charge in [0.15, 0.2) is 0 Å². The molecule has 0 unspecified atom stereocenters. The van der Waals surface area contributed by atoms with Crippen LogP contribution >= 0.6 is 12.4 Å². The topological polar surface area (TPSA) is 46.3 Å². The van der Waals surface area contributed by atoms with Gasteiger partial charge in [-0.2, -0.15) is 0 Å². The Morgan fingerprint density at radius 2 is 2.00 bits per heavy atom. The SMILES string of the molecule is CCC1CCN(C(=O)c2cc(N)ccc2C)CC1.Cl. The molecule has 0 aromatic heterocycles. The quantitative estimate of drug-likeness (QED) is 0.846. The number of benzene rings is 1. The maximum atomic E-state index is 12.4. The molecule has 19 heavy (non-hydrogen) atoms. The fraction of sp³-hybridized carbons (Fsp3) is 0.533. The lowest BCUT2D eigenvalue weighted by Gasteiger charge is -2.32. The first-order chi connectivity index (χ1) is 8.61. The summed E-state index contributed by atoms with van der Waals surface area (Å²) in [6.45, 7) is 5.95. The molecule has 1 saturated heterocycles. The molecule has 1 amide bonds. The monoisotopic (exact) mass is 282 g/mol. The number of aryl methyl sites for hydroxylation is 1. The van der Waals surface area contributed by atoms with Crippen molar-refractivity contribution in [3.63, 3.8) is 0 Å². The molecule has 3 nitrogen and oxygen atoms in total. The van der Waals surface area contributed by atoms with Gasteiger partial charge in [0, 0.05) is 24.3 Å². The van der Waals surface area contributed by atoms with Crippen LogP contribution in [-0.2, 0) is 0 Å². The Morgan fingerprint density at radius 3 is 2.58 bits per heavy atom. The van der Waals surface area contributed by atoms with Crippen molar-refractivity contribution in [3.05, 3.63) is 29.3 Å². The van der Waals surface area contributed by atoms with E-state index in [0.29, 0.717) is 5.69 Å². The normalized spacial score (nSPS) is 16.0. The number of piperidine rings is 1. The molecule has 0 atom stereocenters. The van der Waals surface area contributed by atoms with Crippen LogP contribution in [0, 0.1) is 12.8 Å². The average Bonchev–Trinajstić information content (AvgIpc) is 2.41. The minimum atomic E-state index is 0. The highest BCUT2D eigenvalue weighted by Crippen LogP contribution is 2.22. The largest absolute Gasteiger partial charge is 0.399 e. The summed E-state index contributed by atoms with van der Waals surface area (Å²) in [7, 11) is 0. The molecular formula is C15H23ClN2O. The van der Waals surface area contributed by atoms with Crippen LogP contribution in [0.15, 0.2) is 18.2 Å². The molecule has 0 saturated carbocycles. The molecule has 1 aliphatic heterocycles. The maximum absolute atomic E-state index is 12.4. The minimum absolute atomic E-state index is 0. The third-order valence-corrected chi connectivity index (χ3v) is 3.97. The van der Waals surface area contributed by atoms with Gasteiger partial charge in [0.2, 0.25) is 0 Å². The van der Waals surface area contributed by atoms with Crippen molar-refractivity contribution in [2.24, 2.45) is 5.92 Å². The first kappa shape index (κ1) is 15.8. The summed E-state index contributed by atoms with van der Waals surface area (Å²) in [5.41, 5.74) is 8.19. The van der Waals surface area contributed by atoms with Crippen LogP contribution in [0.2, 0.25) is 0 Å². The Labute approximate surface area is 121 Å². The van der Waals surface area contributed by atoms with E-state index in [4.69, 9.17) is 5.73 Å². The first-order valence-corrected chi connectivity index (χ1v) is 6.77. The summed E-state index contributed by atoms with van der Waals surface area (Å²) >= 11 is 0. The smallest absolute Gasteiger partial charge is 0.254 e. The van der Waals surface area contributed by atoms with E-state index < -0.39 is 0 Å². The molecule has 1 fully saturated rings. The second-order valence-corrected chi connectivity index (χ2v) is 5.22. The Bertz CT molecular complexity index is 440. The van der Waals surface area contributed by atoms with Crippen molar-refractivity contribution in [1.82, 2.24) is 4.90 Å². The van der Waals surface area contributed by atoms with Gasteiger partial charge in [0.1, 0.15) is 0 Å². The number of hydrogen-bond acceptors (Lipinski definition) is 2. The van der Waals surface area contributed by atoms with Gasteiger partial charge in [-0.3, -0.25) is 4.79 Å². The van der Waals surface area contributed by atoms with Gasteiger partial charge in [-0.15, -0.1) is 12.4 Å². The highest BCUT2D eigenvalue weighted by atomic mass is 35.5. The van der Waals surface area contributed by atoms with E-state index in [1.54, 1.807) is 6.07 Å². The Morgan fingerprint density at radius 1 is 1.37 bits per heavy atom. The van der Waals surface area contributed by atoms with E-state index in [0.717, 1.165) is 43.0 Å². The number of anilines is 1. The molecule has 1 aromatic carbocycles. The summed E-state index contributed by atoms with van der Waals surface area (Å²) in [6.07, 6.45) is 3.48. The zero-order chi connectivity index (χ0) is 13.1. The number of likely N-dealkylation sites (tertiary alicyclic amines) is 1. The number of nitrogens with zero attached hydrogens (tertiary/aromatic N) is 1. The summed E-state index contributed by atoms with van der Waals surface area (Å²) in [5.74, 6) is 0.922. The van der Waals surface area contributed by atoms with Gasteiger partial charge in [-0.25, -0.2) is 0 Å². The number of halogens is 1. The third-order valence-electron chi connectivity index (χ3n) is 3.97. The molecule has 0 radical (unpaired) electrons. The molecule has 4 heteroatoms. The van der Waals surface area contributed by atoms with Crippen LogP contribution in [0.1, 0.15) is 42.1 Å². The fourth-order valence-corrected chi connectivity index (χ4v) is 2.58. The average molecular weight is 283 g/mol. The standard InChI is InChI=1S/C15H22N2O.ClH/c1-3-12-6-8-17(9-7-12)15(18)14-10-13(16)5-4-11(14)2;/h4-5,10,12H,3,6-9,16H2,1-2H3;1H. The van der Waals surface area contributed by atoms with Crippen LogP contribution < -0.4 is 5.73 Å². The molecule has 2 N–H and O–H groups in total. The maximum Gasteiger partial charge on any atom is 0.254 e. The lowest BCUT2D eigenvalue weighted by Crippen LogP contribution is -2.38. The zero-order valence-corrected chi connectivity index (χ0v) is 12.5. The number of hydrogen-bond donors (Lipinski definition) is 1. The Balaban J connectivity index is 0.00000180. The molecule has 1 heterocycles. The van der Waals surface area contributed by atoms with E-state index in [2.05, 4.69) is 6.92 Å². The van der Waals surface area contributed by atoms with Gasteiger partial charge in [0.05, 0.1) is 0 Å². The van der Waals surface area contributed by atoms with Gasteiger partial charge in [0.25, 0.3) is 5.91 Å². The van der Waals surface area contributed by atoms with Gasteiger partial charge in [-0.05, 0) is 43.4 Å². The summed E-state index contributed by atoms with van der Waals surface area (Å²) in [5, 5.41) is 0. The lowest BCUT2D eigenvalue weighted by molar-refractivity contribution is 0.0688. The van der Waals surface area contributed by atoms with Gasteiger partial charge < -0.3 is 10.6 Å². The summed E-state index contributed by atoms with van der Waals surface area (Å²) in [4.78, 5) is 14.4. The van der Waals surface area contributed by atoms with Crippen LogP contribution in [-0.4, -0.2) is 23.9 Å². The van der Waals surface area contributed by atoms with Gasteiger partial charge in [-0.1, -0.05) is 19.4 Å². The van der Waals surface area contributed by atoms with Crippen molar-refractivity contribution in [2.45, 2.75) is 33.1 Å². The predicted molar refractivity (Wildman–Crippen MR) is 81.8 cm³/mol. The van der Waals surface area contributed by atoms with Crippen LogP contribution in [0.4, 0.5) is 5.69 Å². The highest BCUT2D eigenvalue weighted by Gasteiger charge is 2.23. The van der Waals surface area contributed by atoms with E-state index in [1.165, 1.54) is 6.42 Å². The highest BCUT2D eigenvalue weighted by molar-refractivity contribution is 5.96. The first-order valence-electron chi connectivity index (χ1n) is 6.77. The minimum Gasteiger partial charge on any atom is -0.399 e. The van der Waals surface area contributed by atoms with Crippen molar-refractivity contribution in [1.29, 1.82) is 0 Å². The van der Waals surface area contributed by atoms with Crippen LogP contribution in [0.5, 0.6) is 0 Å². The number of carbonyl (C=O) groups is 1. The predicted octanol–water partition coefficient (Wildman–Crippen LogP) is 3.26. The van der Waals surface area contributed by atoms with Crippen LogP contribution in [0.3, 0.4) is 0 Å². The number of nitrogens with two attached hydrogens (primary N) is 1. The van der Waals surface area contributed by atoms with Crippen molar-refractivity contribution in [2.75, 3.05) is 18.8 Å². The van der Waals surface area contributed by atoms with Crippen molar-refractivity contribution >= 4 is 24.0 Å². The second-order valence-electron chi connectivity index (χ2n) is 5.22. The second kappa shape index (κ2) is 6.80. The number of nitrogen functional groups attached to an aromatic ring is 1. The Kier molecular flexibility index (Phi) is 5.67. The van der Waals surface area contributed by atoms with E-state index in [9.17, 15) is 4.79 Å². The van der Waals surface area contributed by atoms with Crippen molar-refractivity contribution in [3.8, 4) is 0 Å². The molecule has 0 spiro atoms. The molecule has 0 bridgehead atoms. The molecule has 106 valence electrons. The molecular weight excluding hydrogens is 260 g/mol. The number of amides is 1. The summed E-state index contributed by atoms with van der Waals surface area (Å²) in [6, 6.07) is 5.56. The zero-order valence-electron chi connectivity index (χ0n) is 11.7. The van der Waals surface area contributed by atoms with Crippen molar-refractivity contribution < 1.29 is 4.79 Å². The van der Waals surface area contributed by atoms with E-state index in [-0.39, 0.29) is 18.3 Å². The molecule has 0 aliphatic carbocycles. The number of rotatable bonds is 2. The molecule has 1 aromatic rings. The Hall–Kier alpha value is -1.22. The van der Waals surface area contributed by atoms with E-state index in [1.807, 2.05) is 24.0 Å². The summed E-state index contributed by atoms with van der Waals surface area (Å²) < 4.78 is 0. The van der Waals surface area contributed by atoms with Crippen LogP contribution in [0.25, 0.3) is 0 Å². The lowest BCUT2D eigenvalue weighted by atomic mass is 9.94.